The summed E-state index contributed by atoms with van der Waals surface area (Å²) in [5.74, 6) is 7.72. The molecule has 8 fully saturated rings. The lowest BCUT2D eigenvalue weighted by Crippen LogP contribution is -2.48. The van der Waals surface area contributed by atoms with E-state index in [9.17, 15) is 5.26 Å². The van der Waals surface area contributed by atoms with Gasteiger partial charge in [0.15, 0.2) is 17.5 Å². The molecule has 0 amide bonds. The lowest BCUT2D eigenvalue weighted by molar-refractivity contribution is -0.00530. The summed E-state index contributed by atoms with van der Waals surface area (Å²) in [6, 6.07) is 37.8. The molecule has 8 bridgehead atoms. The zero-order chi connectivity index (χ0) is 35.6. The van der Waals surface area contributed by atoms with E-state index in [-0.39, 0.29) is 0 Å². The highest BCUT2D eigenvalue weighted by Gasteiger charge is 2.52. The molecule has 8 aliphatic rings. The van der Waals surface area contributed by atoms with Gasteiger partial charge in [0.1, 0.15) is 0 Å². The molecule has 6 aromatic rings. The topological polar surface area (TPSA) is 62.5 Å². The first-order chi connectivity index (χ1) is 26.5. The van der Waals surface area contributed by atoms with Crippen molar-refractivity contribution in [2.75, 3.05) is 0 Å². The van der Waals surface area contributed by atoms with Crippen LogP contribution < -0.4 is 0 Å². The summed E-state index contributed by atoms with van der Waals surface area (Å²) in [7, 11) is 0. The lowest BCUT2D eigenvalue weighted by atomic mass is 9.48. The van der Waals surface area contributed by atoms with Gasteiger partial charge in [0.25, 0.3) is 0 Å². The number of hydrogen-bond acceptors (Lipinski definition) is 4. The van der Waals surface area contributed by atoms with Crippen molar-refractivity contribution in [1.29, 1.82) is 5.26 Å². The highest BCUT2D eigenvalue weighted by atomic mass is 15.0. The van der Waals surface area contributed by atoms with Gasteiger partial charge in [-0.1, -0.05) is 78.9 Å². The van der Waals surface area contributed by atoms with Gasteiger partial charge in [0.2, 0.25) is 0 Å². The highest BCUT2D eigenvalue weighted by molar-refractivity contribution is 6.08. The van der Waals surface area contributed by atoms with Gasteiger partial charge in [-0.2, -0.15) is 5.26 Å². The Morgan fingerprint density at radius 1 is 0.426 bits per heavy atom. The molecule has 54 heavy (non-hydrogen) atoms. The molecule has 0 atom stereocenters. The predicted molar refractivity (Wildman–Crippen MR) is 216 cm³/mol. The van der Waals surface area contributed by atoms with E-state index in [0.29, 0.717) is 22.2 Å². The van der Waals surface area contributed by atoms with Gasteiger partial charge in [-0.3, -0.25) is 0 Å². The summed E-state index contributed by atoms with van der Waals surface area (Å²) in [6.07, 6.45) is 17.0. The molecule has 0 spiro atoms. The van der Waals surface area contributed by atoms with Crippen molar-refractivity contribution < 1.29 is 0 Å². The minimum atomic E-state index is 0.368. The second-order valence-electron chi connectivity index (χ2n) is 18.9. The molecule has 8 saturated carbocycles. The van der Waals surface area contributed by atoms with Crippen molar-refractivity contribution in [3.8, 4) is 40.2 Å². The van der Waals surface area contributed by atoms with E-state index in [2.05, 4.69) is 91.0 Å². The van der Waals surface area contributed by atoms with Gasteiger partial charge in [0, 0.05) is 16.7 Å². The van der Waals surface area contributed by atoms with E-state index in [0.717, 1.165) is 85.4 Å². The van der Waals surface area contributed by atoms with Crippen LogP contribution in [0.25, 0.3) is 55.7 Å². The van der Waals surface area contributed by atoms with Crippen LogP contribution in [0.15, 0.2) is 97.1 Å². The molecule has 0 aliphatic heterocycles. The van der Waals surface area contributed by atoms with E-state index in [1.165, 1.54) is 88.2 Å². The van der Waals surface area contributed by atoms with E-state index >= 15 is 0 Å². The number of fused-ring (bicyclic) bond motifs is 3. The zero-order valence-corrected chi connectivity index (χ0v) is 31.0. The van der Waals surface area contributed by atoms with Crippen molar-refractivity contribution in [3.63, 3.8) is 0 Å². The van der Waals surface area contributed by atoms with E-state index in [1.54, 1.807) is 0 Å². The fourth-order valence-electron chi connectivity index (χ4n) is 13.9. The molecule has 1 heterocycles. The molecule has 5 aromatic carbocycles. The minimum Gasteiger partial charge on any atom is -0.208 e. The van der Waals surface area contributed by atoms with Crippen molar-refractivity contribution in [1.82, 2.24) is 15.0 Å². The maximum atomic E-state index is 9.45. The molecule has 266 valence electrons. The standard InChI is InChI=1S/C50H46N4/c51-29-30-1-13-44-39(21-30)2-3-40-22-41(8-14-45(40)44)48-53-46(37-4-9-42(10-5-37)49-23-31-15-32(24-49)17-33(16-31)25-49)52-47(54-48)38-6-11-43(12-7-38)50-26-34-18-35(27-50)20-36(19-34)28-50/h1-14,21-22,31-36H,15-20,23-28H2/t31-,32-,33-,34-,35-,36-,49?,50?. The van der Waals surface area contributed by atoms with Crippen molar-refractivity contribution in [2.24, 2.45) is 35.5 Å². The average molecular weight is 703 g/mol. The monoisotopic (exact) mass is 702 g/mol. The SMILES string of the molecule is N#Cc1ccc2c(ccc3cc(-c4nc(-c5ccc(C67C[C@H]8C[C@H](C6)C[C@@H](C7)C8)cc5)nc(-c5ccc(C67C[C@H]8C[C@H](C6)C[C@@H](C7)C8)cc5)n4)ccc32)c1. The predicted octanol–water partition coefficient (Wildman–Crippen LogP) is 12.0. The summed E-state index contributed by atoms with van der Waals surface area (Å²) in [5, 5.41) is 14.0. The Morgan fingerprint density at radius 3 is 1.22 bits per heavy atom. The van der Waals surface area contributed by atoms with Crippen molar-refractivity contribution in [3.05, 3.63) is 114 Å². The van der Waals surface area contributed by atoms with Gasteiger partial charge < -0.3 is 0 Å². The number of benzene rings is 5. The first-order valence-electron chi connectivity index (χ1n) is 20.8. The van der Waals surface area contributed by atoms with Gasteiger partial charge in [-0.15, -0.1) is 0 Å². The van der Waals surface area contributed by atoms with Crippen LogP contribution in [-0.4, -0.2) is 15.0 Å². The molecule has 0 radical (unpaired) electrons. The number of aromatic nitrogens is 3. The first kappa shape index (κ1) is 31.5. The number of rotatable bonds is 5. The third-order valence-electron chi connectivity index (χ3n) is 15.4. The molecule has 1 aromatic heterocycles. The molecule has 0 unspecified atom stereocenters. The third kappa shape index (κ3) is 4.96. The Balaban J connectivity index is 0.937. The Labute approximate surface area is 318 Å². The van der Waals surface area contributed by atoms with Gasteiger partial charge in [0.05, 0.1) is 11.6 Å². The molecular weight excluding hydrogens is 657 g/mol. The van der Waals surface area contributed by atoms with Gasteiger partial charge >= 0.3 is 0 Å². The molecule has 14 rings (SSSR count). The Kier molecular flexibility index (Phi) is 6.74. The summed E-state index contributed by atoms with van der Waals surface area (Å²) in [6.45, 7) is 0. The Bertz CT molecular complexity index is 2350. The summed E-state index contributed by atoms with van der Waals surface area (Å²) < 4.78 is 0. The Morgan fingerprint density at radius 2 is 0.796 bits per heavy atom. The second-order valence-corrected chi connectivity index (χ2v) is 18.9. The van der Waals surface area contributed by atoms with Crippen molar-refractivity contribution >= 4 is 21.5 Å². The normalized spacial score (nSPS) is 31.7. The number of nitriles is 1. The fourth-order valence-corrected chi connectivity index (χ4v) is 13.9. The lowest BCUT2D eigenvalue weighted by Gasteiger charge is -2.57. The number of hydrogen-bond donors (Lipinski definition) is 0. The Hall–Kier alpha value is -4.88. The smallest absolute Gasteiger partial charge is 0.164 e. The van der Waals surface area contributed by atoms with E-state index in [4.69, 9.17) is 15.0 Å². The molecule has 4 nitrogen and oxygen atoms in total. The molecular formula is C50H46N4. The molecule has 8 aliphatic carbocycles. The minimum absolute atomic E-state index is 0.368. The quantitative estimate of drug-likeness (QED) is 0.168. The fraction of sp³-hybridized carbons (Fsp3) is 0.400. The van der Waals surface area contributed by atoms with E-state index in [1.807, 2.05) is 12.1 Å². The molecule has 0 N–H and O–H groups in total. The van der Waals surface area contributed by atoms with Crippen LogP contribution in [0.3, 0.4) is 0 Å². The zero-order valence-electron chi connectivity index (χ0n) is 31.0. The van der Waals surface area contributed by atoms with Crippen LogP contribution in [0.1, 0.15) is 93.7 Å². The summed E-state index contributed by atoms with van der Waals surface area (Å²) in [5.41, 5.74) is 7.57. The van der Waals surface area contributed by atoms with Crippen molar-refractivity contribution in [2.45, 2.75) is 87.9 Å². The maximum Gasteiger partial charge on any atom is 0.164 e. The largest absolute Gasteiger partial charge is 0.208 e. The first-order valence-corrected chi connectivity index (χ1v) is 20.8. The highest BCUT2D eigenvalue weighted by Crippen LogP contribution is 2.62. The second kappa shape index (κ2) is 11.6. The van der Waals surface area contributed by atoms with Crippen LogP contribution in [0.4, 0.5) is 0 Å². The summed E-state index contributed by atoms with van der Waals surface area (Å²) >= 11 is 0. The maximum absolute atomic E-state index is 9.45. The third-order valence-corrected chi connectivity index (χ3v) is 15.4. The van der Waals surface area contributed by atoms with Crippen LogP contribution >= 0.6 is 0 Å². The number of nitrogens with zero attached hydrogens (tertiary/aromatic N) is 4. The van der Waals surface area contributed by atoms with Gasteiger partial charge in [-0.25, -0.2) is 15.0 Å². The molecule has 0 saturated heterocycles. The van der Waals surface area contributed by atoms with Crippen LogP contribution in [0.5, 0.6) is 0 Å². The van der Waals surface area contributed by atoms with Crippen LogP contribution in [0, 0.1) is 46.8 Å². The van der Waals surface area contributed by atoms with Crippen LogP contribution in [-0.2, 0) is 10.8 Å². The summed E-state index contributed by atoms with van der Waals surface area (Å²) in [4.78, 5) is 15.6. The molecule has 4 heteroatoms. The van der Waals surface area contributed by atoms with Crippen LogP contribution in [0.2, 0.25) is 0 Å². The average Bonchev–Trinajstić information content (AvgIpc) is 3.19. The van der Waals surface area contributed by atoms with Gasteiger partial charge in [-0.05, 0) is 174 Å². The van der Waals surface area contributed by atoms with E-state index < -0.39 is 0 Å².